The highest BCUT2D eigenvalue weighted by Crippen LogP contribution is 2.42. The number of aromatic amines is 1. The van der Waals surface area contributed by atoms with Crippen molar-refractivity contribution in [3.63, 3.8) is 0 Å². The van der Waals surface area contributed by atoms with Crippen LogP contribution in [0.25, 0.3) is 10.9 Å². The van der Waals surface area contributed by atoms with Crippen LogP contribution in [0.1, 0.15) is 70.8 Å². The standard InChI is InChI=1S/C40H53N3O7Si/c1-39(2,3)49-38(46)43(25-15-24-41-37(45)48-28-30-18-13-10-14-19-30)26-34(50-51(7,8)40(4,5)6)31-20-22-33(36-32(31)21-23-35(44)42-36)47-27-29-16-11-9-12-17-29/h9-14,16-23,34H,15,24-28H2,1-8H3,(H,41,45)(H,42,44)/t34-/m0/s1. The molecule has 0 aliphatic carbocycles. The number of hydrogen-bond acceptors (Lipinski definition) is 7. The van der Waals surface area contributed by atoms with Gasteiger partial charge in [0, 0.05) is 24.5 Å². The minimum atomic E-state index is -2.42. The number of amides is 2. The van der Waals surface area contributed by atoms with Gasteiger partial charge in [0.1, 0.15) is 24.6 Å². The number of aromatic nitrogens is 1. The van der Waals surface area contributed by atoms with Gasteiger partial charge in [0.25, 0.3) is 0 Å². The van der Waals surface area contributed by atoms with Gasteiger partial charge in [0.2, 0.25) is 5.56 Å². The number of rotatable bonds is 14. The number of fused-ring (bicyclic) bond motifs is 1. The Bertz CT molecular complexity index is 1800. The topological polar surface area (TPSA) is 119 Å². The summed E-state index contributed by atoms with van der Waals surface area (Å²) >= 11 is 0. The fourth-order valence-electron chi connectivity index (χ4n) is 5.13. The molecule has 4 rings (SSSR count). The van der Waals surface area contributed by atoms with Gasteiger partial charge >= 0.3 is 12.2 Å². The zero-order valence-corrected chi connectivity index (χ0v) is 32.2. The molecule has 1 aromatic heterocycles. The smallest absolute Gasteiger partial charge is 0.410 e. The van der Waals surface area contributed by atoms with Crippen molar-refractivity contribution in [2.45, 2.75) is 91.0 Å². The lowest BCUT2D eigenvalue weighted by Crippen LogP contribution is -2.46. The van der Waals surface area contributed by atoms with Gasteiger partial charge in [-0.05, 0) is 74.1 Å². The number of ether oxygens (including phenoxy) is 3. The van der Waals surface area contributed by atoms with Crippen LogP contribution >= 0.6 is 0 Å². The van der Waals surface area contributed by atoms with Crippen LogP contribution in [0.5, 0.6) is 5.75 Å². The molecule has 1 atom stereocenters. The fourth-order valence-corrected chi connectivity index (χ4v) is 6.40. The number of carbonyl (C=O) groups excluding carboxylic acids is 2. The molecule has 0 fully saturated rings. The van der Waals surface area contributed by atoms with Crippen LogP contribution in [0.2, 0.25) is 18.1 Å². The Kier molecular flexibility index (Phi) is 13.1. The van der Waals surface area contributed by atoms with E-state index in [4.69, 9.17) is 18.6 Å². The molecule has 0 radical (unpaired) electrons. The maximum atomic E-state index is 13.7. The van der Waals surface area contributed by atoms with Crippen LogP contribution in [-0.4, -0.2) is 55.6 Å². The highest BCUT2D eigenvalue weighted by Gasteiger charge is 2.41. The highest BCUT2D eigenvalue weighted by molar-refractivity contribution is 6.74. The van der Waals surface area contributed by atoms with Crippen LogP contribution in [0.15, 0.2) is 89.7 Å². The number of nitrogens with one attached hydrogen (secondary N) is 2. The molecule has 3 aromatic carbocycles. The van der Waals surface area contributed by atoms with Crippen LogP contribution in [0.3, 0.4) is 0 Å². The average Bonchev–Trinajstić information content (AvgIpc) is 3.06. The summed E-state index contributed by atoms with van der Waals surface area (Å²) in [5.74, 6) is 0.538. The quantitative estimate of drug-likeness (QED) is 0.0990. The van der Waals surface area contributed by atoms with Crippen LogP contribution < -0.4 is 15.6 Å². The maximum absolute atomic E-state index is 13.7. The van der Waals surface area contributed by atoms with Gasteiger partial charge in [0.15, 0.2) is 8.32 Å². The zero-order valence-electron chi connectivity index (χ0n) is 31.2. The van der Waals surface area contributed by atoms with Crippen molar-refractivity contribution in [1.82, 2.24) is 15.2 Å². The summed E-state index contributed by atoms with van der Waals surface area (Å²) < 4.78 is 24.5. The lowest BCUT2D eigenvalue weighted by atomic mass is 10.0. The summed E-state index contributed by atoms with van der Waals surface area (Å²) in [4.78, 5) is 43.4. The van der Waals surface area contributed by atoms with Gasteiger partial charge in [-0.1, -0.05) is 87.5 Å². The van der Waals surface area contributed by atoms with Crippen molar-refractivity contribution in [2.75, 3.05) is 19.6 Å². The van der Waals surface area contributed by atoms with E-state index in [-0.39, 0.29) is 36.8 Å². The van der Waals surface area contributed by atoms with E-state index < -0.39 is 32.2 Å². The number of benzene rings is 3. The van der Waals surface area contributed by atoms with Gasteiger partial charge in [-0.2, -0.15) is 0 Å². The van der Waals surface area contributed by atoms with Crippen LogP contribution in [0, 0.1) is 0 Å². The SMILES string of the molecule is CC(C)(C)OC(=O)N(CCCNC(=O)OCc1ccccc1)C[C@H](O[Si](C)(C)C(C)(C)C)c1ccc(OCc2ccccc2)c2[nH]c(=O)ccc12. The number of carbonyl (C=O) groups is 2. The maximum Gasteiger partial charge on any atom is 0.410 e. The molecule has 274 valence electrons. The number of alkyl carbamates (subject to hydrolysis) is 1. The van der Waals surface area contributed by atoms with E-state index in [0.717, 1.165) is 22.1 Å². The van der Waals surface area contributed by atoms with Gasteiger partial charge in [0.05, 0.1) is 18.2 Å². The number of H-pyrrole nitrogens is 1. The first kappa shape index (κ1) is 39.2. The molecule has 51 heavy (non-hydrogen) atoms. The van der Waals surface area contributed by atoms with Crippen molar-refractivity contribution < 1.29 is 28.2 Å². The van der Waals surface area contributed by atoms with E-state index in [1.165, 1.54) is 6.07 Å². The molecule has 0 aliphatic heterocycles. The van der Waals surface area contributed by atoms with Gasteiger partial charge in [-0.15, -0.1) is 0 Å². The Labute approximate surface area is 302 Å². The molecule has 2 amide bonds. The lowest BCUT2D eigenvalue weighted by molar-refractivity contribution is 0.0155. The third-order valence-electron chi connectivity index (χ3n) is 8.84. The molecule has 0 saturated heterocycles. The van der Waals surface area contributed by atoms with E-state index >= 15 is 0 Å². The third kappa shape index (κ3) is 11.7. The van der Waals surface area contributed by atoms with Crippen molar-refractivity contribution in [3.05, 3.63) is 112 Å². The zero-order chi connectivity index (χ0) is 37.2. The summed E-state index contributed by atoms with van der Waals surface area (Å²) in [5.41, 5.74) is 2.28. The molecule has 0 unspecified atom stereocenters. The predicted molar refractivity (Wildman–Crippen MR) is 203 cm³/mol. The first-order chi connectivity index (χ1) is 24.0. The minimum Gasteiger partial charge on any atom is -0.487 e. The summed E-state index contributed by atoms with van der Waals surface area (Å²) in [5, 5.41) is 3.42. The number of hydrogen-bond donors (Lipinski definition) is 2. The average molecular weight is 716 g/mol. The molecule has 0 saturated carbocycles. The molecule has 1 heterocycles. The molecule has 10 nitrogen and oxygen atoms in total. The largest absolute Gasteiger partial charge is 0.487 e. The summed E-state index contributed by atoms with van der Waals surface area (Å²) in [7, 11) is -2.42. The molecule has 4 aromatic rings. The molecule has 0 bridgehead atoms. The van der Waals surface area contributed by atoms with E-state index in [1.54, 1.807) is 11.0 Å². The van der Waals surface area contributed by atoms with Crippen molar-refractivity contribution >= 4 is 31.4 Å². The molecular weight excluding hydrogens is 663 g/mol. The summed E-state index contributed by atoms with van der Waals surface area (Å²) in [6.45, 7) is 17.6. The van der Waals surface area contributed by atoms with E-state index in [1.807, 2.05) is 93.6 Å². The monoisotopic (exact) mass is 715 g/mol. The second kappa shape index (κ2) is 17.1. The number of pyridine rings is 1. The van der Waals surface area contributed by atoms with Crippen molar-refractivity contribution in [2.24, 2.45) is 0 Å². The molecule has 11 heteroatoms. The normalized spacial score (nSPS) is 12.6. The highest BCUT2D eigenvalue weighted by atomic mass is 28.4. The number of nitrogens with zero attached hydrogens (tertiary/aromatic N) is 1. The second-order valence-electron chi connectivity index (χ2n) is 15.2. The molecule has 0 aliphatic rings. The first-order valence-electron chi connectivity index (χ1n) is 17.5. The van der Waals surface area contributed by atoms with Crippen molar-refractivity contribution in [3.8, 4) is 5.75 Å². The Balaban J connectivity index is 1.61. The Morgan fingerprint density at radius 1 is 0.843 bits per heavy atom. The summed E-state index contributed by atoms with van der Waals surface area (Å²) in [6.07, 6.45) is -1.14. The lowest BCUT2D eigenvalue weighted by Gasteiger charge is -2.41. The minimum absolute atomic E-state index is 0.130. The molecular formula is C40H53N3O7Si. The van der Waals surface area contributed by atoms with Crippen LogP contribution in [-0.2, 0) is 27.1 Å². The third-order valence-corrected chi connectivity index (χ3v) is 13.3. The second-order valence-corrected chi connectivity index (χ2v) is 19.9. The van der Waals surface area contributed by atoms with E-state index in [2.05, 4.69) is 44.2 Å². The van der Waals surface area contributed by atoms with Gasteiger partial charge < -0.3 is 33.8 Å². The fraction of sp³-hybridized carbons (Fsp3) is 0.425. The van der Waals surface area contributed by atoms with E-state index in [0.29, 0.717) is 24.3 Å². The van der Waals surface area contributed by atoms with E-state index in [9.17, 15) is 14.4 Å². The Hall–Kier alpha value is -4.61. The Morgan fingerprint density at radius 3 is 2.08 bits per heavy atom. The molecule has 2 N–H and O–H groups in total. The summed E-state index contributed by atoms with van der Waals surface area (Å²) in [6, 6.07) is 26.4. The predicted octanol–water partition coefficient (Wildman–Crippen LogP) is 8.72. The Morgan fingerprint density at radius 2 is 1.47 bits per heavy atom. The molecule has 0 spiro atoms. The van der Waals surface area contributed by atoms with Crippen molar-refractivity contribution in [1.29, 1.82) is 0 Å². The van der Waals surface area contributed by atoms with Gasteiger partial charge in [-0.25, -0.2) is 9.59 Å². The van der Waals surface area contributed by atoms with Crippen LogP contribution in [0.4, 0.5) is 9.59 Å². The first-order valence-corrected chi connectivity index (χ1v) is 20.4. The van der Waals surface area contributed by atoms with Gasteiger partial charge in [-0.3, -0.25) is 4.79 Å².